The maximum absolute atomic E-state index is 12.2. The van der Waals surface area contributed by atoms with Gasteiger partial charge >= 0.3 is 0 Å². The van der Waals surface area contributed by atoms with Crippen molar-refractivity contribution < 1.29 is 4.79 Å². The molecule has 4 heteroatoms. The molecule has 2 N–H and O–H groups in total. The molecule has 0 aliphatic heterocycles. The highest BCUT2D eigenvalue weighted by Gasteiger charge is 2.14. The van der Waals surface area contributed by atoms with E-state index >= 15 is 0 Å². The van der Waals surface area contributed by atoms with Gasteiger partial charge in [-0.05, 0) is 30.0 Å². The van der Waals surface area contributed by atoms with Crippen LogP contribution in [-0.4, -0.2) is 15.3 Å². The Bertz CT molecular complexity index is 586. The van der Waals surface area contributed by atoms with Crippen LogP contribution in [-0.2, 0) is 17.8 Å². The van der Waals surface area contributed by atoms with E-state index in [0.717, 1.165) is 30.0 Å². The van der Waals surface area contributed by atoms with Gasteiger partial charge in [0.25, 0.3) is 0 Å². The number of nitrogen functional groups attached to an aromatic ring is 1. The highest BCUT2D eigenvalue weighted by Crippen LogP contribution is 2.21. The number of imidazole rings is 1. The lowest BCUT2D eigenvalue weighted by Crippen LogP contribution is -2.12. The molecule has 112 valence electrons. The van der Waals surface area contributed by atoms with Crippen molar-refractivity contribution in [2.24, 2.45) is 0 Å². The topological polar surface area (TPSA) is 60.9 Å². The van der Waals surface area contributed by atoms with Gasteiger partial charge in [-0.1, -0.05) is 26.0 Å². The predicted octanol–water partition coefficient (Wildman–Crippen LogP) is 3.18. The highest BCUT2D eigenvalue weighted by molar-refractivity contribution is 5.81. The fourth-order valence-corrected chi connectivity index (χ4v) is 2.48. The van der Waals surface area contributed by atoms with Crippen molar-refractivity contribution in [3.63, 3.8) is 0 Å². The van der Waals surface area contributed by atoms with Crippen LogP contribution in [0, 0.1) is 0 Å². The number of aryl methyl sites for hydroxylation is 1. The normalized spacial score (nSPS) is 12.3. The van der Waals surface area contributed by atoms with E-state index in [-0.39, 0.29) is 11.7 Å². The number of Topliss-reactive ketones (excluding diaryl/α,β-unsaturated/α-hetero) is 1. The number of nitrogens with two attached hydrogens (primary N) is 1. The molecule has 0 saturated heterocycles. The molecule has 1 atom stereocenters. The third-order valence-corrected chi connectivity index (χ3v) is 3.66. The van der Waals surface area contributed by atoms with Crippen molar-refractivity contribution in [1.82, 2.24) is 9.55 Å². The second-order valence-corrected chi connectivity index (χ2v) is 5.52. The molecule has 1 heterocycles. The minimum absolute atomic E-state index is 0.202. The average Bonchev–Trinajstić information content (AvgIpc) is 2.87. The lowest BCUT2D eigenvalue weighted by Gasteiger charge is -2.12. The van der Waals surface area contributed by atoms with Crippen LogP contribution in [0.5, 0.6) is 0 Å². The van der Waals surface area contributed by atoms with Gasteiger partial charge in [0.05, 0.1) is 6.42 Å². The molecule has 21 heavy (non-hydrogen) atoms. The Morgan fingerprint density at radius 3 is 2.71 bits per heavy atom. The van der Waals surface area contributed by atoms with Crippen molar-refractivity contribution in [3.05, 3.63) is 48.0 Å². The molecule has 0 fully saturated rings. The lowest BCUT2D eigenvalue weighted by molar-refractivity contribution is -0.118. The molecular formula is C17H23N3O. The van der Waals surface area contributed by atoms with Crippen LogP contribution in [0.15, 0.2) is 36.7 Å². The average molecular weight is 285 g/mol. The second kappa shape index (κ2) is 7.07. The zero-order chi connectivity index (χ0) is 15.2. The van der Waals surface area contributed by atoms with Crippen molar-refractivity contribution in [1.29, 1.82) is 0 Å². The Morgan fingerprint density at radius 1 is 1.33 bits per heavy atom. The van der Waals surface area contributed by atoms with Crippen LogP contribution in [0.4, 0.5) is 5.69 Å². The van der Waals surface area contributed by atoms with Crippen LogP contribution >= 0.6 is 0 Å². The van der Waals surface area contributed by atoms with E-state index in [9.17, 15) is 4.79 Å². The van der Waals surface area contributed by atoms with Crippen LogP contribution in [0.25, 0.3) is 0 Å². The largest absolute Gasteiger partial charge is 0.399 e. The number of benzene rings is 1. The summed E-state index contributed by atoms with van der Waals surface area (Å²) in [5.74, 6) is 1.29. The van der Waals surface area contributed by atoms with E-state index in [4.69, 9.17) is 5.73 Å². The molecule has 1 aromatic heterocycles. The van der Waals surface area contributed by atoms with E-state index in [2.05, 4.69) is 23.4 Å². The minimum atomic E-state index is 0.202. The van der Waals surface area contributed by atoms with Gasteiger partial charge < -0.3 is 10.3 Å². The maximum atomic E-state index is 12.2. The minimum Gasteiger partial charge on any atom is -0.399 e. The molecule has 2 rings (SSSR count). The van der Waals surface area contributed by atoms with Crippen molar-refractivity contribution in [2.45, 2.75) is 45.6 Å². The number of nitrogens with zero attached hydrogens (tertiary/aromatic N) is 2. The Morgan fingerprint density at radius 2 is 2.05 bits per heavy atom. The fraction of sp³-hybridized carbons (Fsp3) is 0.412. The quantitative estimate of drug-likeness (QED) is 0.795. The highest BCUT2D eigenvalue weighted by atomic mass is 16.1. The van der Waals surface area contributed by atoms with Crippen LogP contribution in [0.2, 0.25) is 0 Å². The first-order valence-electron chi connectivity index (χ1n) is 7.47. The number of ketones is 1. The molecule has 0 saturated carbocycles. The van der Waals surface area contributed by atoms with Gasteiger partial charge in [0.15, 0.2) is 0 Å². The summed E-state index contributed by atoms with van der Waals surface area (Å²) in [5, 5.41) is 0. The SMILES string of the molecule is CCCn1ccnc1CC(=O)CC(C)c1ccc(N)cc1. The molecule has 0 amide bonds. The van der Waals surface area contributed by atoms with Crippen LogP contribution in [0.1, 0.15) is 44.0 Å². The molecular weight excluding hydrogens is 262 g/mol. The van der Waals surface area contributed by atoms with Gasteiger partial charge in [0, 0.05) is 31.0 Å². The first kappa shape index (κ1) is 15.3. The third kappa shape index (κ3) is 4.18. The molecule has 0 aliphatic rings. The van der Waals surface area contributed by atoms with Crippen molar-refractivity contribution in [3.8, 4) is 0 Å². The van der Waals surface area contributed by atoms with E-state index < -0.39 is 0 Å². The third-order valence-electron chi connectivity index (χ3n) is 3.66. The molecule has 4 nitrogen and oxygen atoms in total. The number of anilines is 1. The first-order chi connectivity index (χ1) is 10.1. The van der Waals surface area contributed by atoms with Crippen LogP contribution < -0.4 is 5.73 Å². The van der Waals surface area contributed by atoms with Gasteiger partial charge in [-0.2, -0.15) is 0 Å². The number of carbonyl (C=O) groups excluding carboxylic acids is 1. The number of carbonyl (C=O) groups is 1. The zero-order valence-electron chi connectivity index (χ0n) is 12.7. The number of rotatable bonds is 7. The smallest absolute Gasteiger partial charge is 0.141 e. The summed E-state index contributed by atoms with van der Waals surface area (Å²) in [6, 6.07) is 7.74. The molecule has 2 aromatic rings. The van der Waals surface area contributed by atoms with E-state index in [1.165, 1.54) is 0 Å². The number of aromatic nitrogens is 2. The van der Waals surface area contributed by atoms with E-state index in [1.807, 2.05) is 30.5 Å². The van der Waals surface area contributed by atoms with Gasteiger partial charge in [0.2, 0.25) is 0 Å². The summed E-state index contributed by atoms with van der Waals surface area (Å²) in [7, 11) is 0. The Labute approximate surface area is 126 Å². The summed E-state index contributed by atoms with van der Waals surface area (Å²) in [6.45, 7) is 5.10. The molecule has 1 aromatic carbocycles. The fourth-order valence-electron chi connectivity index (χ4n) is 2.48. The summed E-state index contributed by atoms with van der Waals surface area (Å²) >= 11 is 0. The van der Waals surface area contributed by atoms with Gasteiger partial charge in [-0.3, -0.25) is 4.79 Å². The Kier molecular flexibility index (Phi) is 5.14. The molecule has 1 unspecified atom stereocenters. The number of hydrogen-bond acceptors (Lipinski definition) is 3. The second-order valence-electron chi connectivity index (χ2n) is 5.52. The summed E-state index contributed by atoms with van der Waals surface area (Å²) in [5.41, 5.74) is 7.58. The summed E-state index contributed by atoms with van der Waals surface area (Å²) in [4.78, 5) is 16.5. The Hall–Kier alpha value is -2.10. The van der Waals surface area contributed by atoms with Crippen molar-refractivity contribution >= 4 is 11.5 Å². The Balaban J connectivity index is 1.94. The summed E-state index contributed by atoms with van der Waals surface area (Å²) in [6.07, 6.45) is 5.69. The standard InChI is InChI=1S/C17H23N3O/c1-3-9-20-10-8-19-17(20)12-16(21)11-13(2)14-4-6-15(18)7-5-14/h4-8,10,13H,3,9,11-12,18H2,1-2H3. The summed E-state index contributed by atoms with van der Waals surface area (Å²) < 4.78 is 2.06. The van der Waals surface area contributed by atoms with Gasteiger partial charge in [0.1, 0.15) is 11.6 Å². The first-order valence-corrected chi connectivity index (χ1v) is 7.47. The van der Waals surface area contributed by atoms with E-state index in [0.29, 0.717) is 12.8 Å². The molecule has 0 radical (unpaired) electrons. The number of hydrogen-bond donors (Lipinski definition) is 1. The molecule has 0 bridgehead atoms. The predicted molar refractivity (Wildman–Crippen MR) is 85.1 cm³/mol. The van der Waals surface area contributed by atoms with Crippen LogP contribution in [0.3, 0.4) is 0 Å². The monoisotopic (exact) mass is 285 g/mol. The van der Waals surface area contributed by atoms with Crippen molar-refractivity contribution in [2.75, 3.05) is 5.73 Å². The zero-order valence-corrected chi connectivity index (χ0v) is 12.7. The van der Waals surface area contributed by atoms with E-state index in [1.54, 1.807) is 6.20 Å². The lowest BCUT2D eigenvalue weighted by atomic mass is 9.94. The maximum Gasteiger partial charge on any atom is 0.141 e. The molecule has 0 aliphatic carbocycles. The van der Waals surface area contributed by atoms with Gasteiger partial charge in [-0.25, -0.2) is 4.98 Å². The molecule has 0 spiro atoms. The van der Waals surface area contributed by atoms with Gasteiger partial charge in [-0.15, -0.1) is 0 Å².